The number of ether oxygens (including phenoxy) is 1. The number of primary sulfonamides is 1. The average Bonchev–Trinajstić information content (AvgIpc) is 3.62. The third-order valence-electron chi connectivity index (χ3n) is 8.50. The number of hydrogen-bond donors (Lipinski definition) is 4. The number of phenols is 1. The Labute approximate surface area is 296 Å². The Hall–Kier alpha value is -4.87. The molecule has 0 bridgehead atoms. The summed E-state index contributed by atoms with van der Waals surface area (Å²) < 4.78 is 35.0. The highest BCUT2D eigenvalue weighted by atomic mass is 32.2. The number of nitrogens with zero attached hydrogens (tertiary/aromatic N) is 6. The smallest absolute Gasteiger partial charge is 0.282 e. The molecule has 51 heavy (non-hydrogen) atoms. The van der Waals surface area contributed by atoms with E-state index in [0.29, 0.717) is 57.2 Å². The number of fused-ring (bicyclic) bond motifs is 2. The van der Waals surface area contributed by atoms with E-state index in [-0.39, 0.29) is 31.1 Å². The normalized spacial score (nSPS) is 12.9. The van der Waals surface area contributed by atoms with Crippen molar-refractivity contribution in [2.45, 2.75) is 57.6 Å². The third kappa shape index (κ3) is 8.05. The van der Waals surface area contributed by atoms with Crippen LogP contribution in [0.3, 0.4) is 0 Å². The molecule has 1 atom stereocenters. The van der Waals surface area contributed by atoms with Crippen molar-refractivity contribution in [3.05, 3.63) is 101 Å². The third-order valence-corrected chi connectivity index (χ3v) is 10.9. The van der Waals surface area contributed by atoms with Gasteiger partial charge in [0.15, 0.2) is 5.82 Å². The zero-order chi connectivity index (χ0) is 36.5. The standard InChI is InChI=1S/C35H42N8O6SSi/c1-23-10-12-42-31(23)35(46)43(26-8-6-5-7-9-26)33(40-42)29(11-13-44)39-32-30-28(25-16-24(17-27(45)18-25)20-50(36,47)48)19-41(34(30)38-21-37-32)22-49-14-15-51(2,3)4/h5-10,12,16-19,21,29,44-45H,11,13-15,20,22H2,1-4H3,(H2,36,47,48)(H,37,38,39)/t29-/m0/s1. The first-order valence-electron chi connectivity index (χ1n) is 16.5. The van der Waals surface area contributed by atoms with Crippen LogP contribution in [-0.2, 0) is 27.2 Å². The molecule has 6 rings (SSSR count). The van der Waals surface area contributed by atoms with E-state index in [1.54, 1.807) is 21.3 Å². The van der Waals surface area contributed by atoms with Crippen molar-refractivity contribution in [2.24, 2.45) is 5.14 Å². The molecule has 0 radical (unpaired) electrons. The quantitative estimate of drug-likeness (QED) is 0.0914. The van der Waals surface area contributed by atoms with Gasteiger partial charge in [0.25, 0.3) is 5.56 Å². The Morgan fingerprint density at radius 1 is 1.08 bits per heavy atom. The first-order valence-corrected chi connectivity index (χ1v) is 21.9. The van der Waals surface area contributed by atoms with Gasteiger partial charge >= 0.3 is 0 Å². The zero-order valence-corrected chi connectivity index (χ0v) is 30.8. The second kappa shape index (κ2) is 14.4. The number of sulfonamides is 1. The van der Waals surface area contributed by atoms with Crippen molar-refractivity contribution in [1.29, 1.82) is 0 Å². The van der Waals surface area contributed by atoms with Gasteiger partial charge in [-0.3, -0.25) is 9.36 Å². The van der Waals surface area contributed by atoms with Crippen LogP contribution in [-0.4, -0.2) is 68.6 Å². The van der Waals surface area contributed by atoms with Gasteiger partial charge in [-0.05, 0) is 72.5 Å². The fourth-order valence-electron chi connectivity index (χ4n) is 6.08. The Balaban J connectivity index is 1.52. The highest BCUT2D eigenvalue weighted by molar-refractivity contribution is 7.88. The van der Waals surface area contributed by atoms with Gasteiger partial charge in [-0.1, -0.05) is 37.8 Å². The number of benzene rings is 2. The van der Waals surface area contributed by atoms with Gasteiger partial charge in [-0.2, -0.15) is 5.10 Å². The summed E-state index contributed by atoms with van der Waals surface area (Å²) in [5.74, 6) is 0.0908. The van der Waals surface area contributed by atoms with Crippen LogP contribution in [0.25, 0.3) is 33.4 Å². The zero-order valence-electron chi connectivity index (χ0n) is 28.9. The number of hydrogen-bond acceptors (Lipinski definition) is 10. The first kappa shape index (κ1) is 35.9. The summed E-state index contributed by atoms with van der Waals surface area (Å²) in [5, 5.41) is 35.2. The second-order valence-electron chi connectivity index (χ2n) is 13.8. The van der Waals surface area contributed by atoms with Crippen molar-refractivity contribution in [3.63, 3.8) is 0 Å². The van der Waals surface area contributed by atoms with Gasteiger partial charge < -0.3 is 24.8 Å². The molecule has 0 aliphatic carbocycles. The van der Waals surface area contributed by atoms with Crippen LogP contribution < -0.4 is 16.0 Å². The summed E-state index contributed by atoms with van der Waals surface area (Å²) in [6, 6.07) is 15.8. The monoisotopic (exact) mass is 730 g/mol. The van der Waals surface area contributed by atoms with Gasteiger partial charge in [0.05, 0.1) is 22.9 Å². The Morgan fingerprint density at radius 3 is 2.55 bits per heavy atom. The topological polar surface area (TPSA) is 192 Å². The predicted octanol–water partition coefficient (Wildman–Crippen LogP) is 4.55. The van der Waals surface area contributed by atoms with Gasteiger partial charge in [-0.25, -0.2) is 28.0 Å². The van der Waals surface area contributed by atoms with Crippen molar-refractivity contribution < 1.29 is 23.4 Å². The molecule has 0 unspecified atom stereocenters. The average molecular weight is 731 g/mol. The molecule has 6 aromatic rings. The molecule has 4 aromatic heterocycles. The molecule has 0 saturated heterocycles. The summed E-state index contributed by atoms with van der Waals surface area (Å²) in [4.78, 5) is 23.3. The van der Waals surface area contributed by atoms with E-state index >= 15 is 0 Å². The molecule has 0 amide bonds. The largest absolute Gasteiger partial charge is 0.508 e. The van der Waals surface area contributed by atoms with Crippen molar-refractivity contribution in [3.8, 4) is 22.6 Å². The Kier molecular flexibility index (Phi) is 10.1. The number of aromatic nitrogens is 6. The fourth-order valence-corrected chi connectivity index (χ4v) is 7.47. The maximum atomic E-state index is 14.1. The minimum absolute atomic E-state index is 0.144. The lowest BCUT2D eigenvalue weighted by atomic mass is 10.0. The van der Waals surface area contributed by atoms with Crippen LogP contribution in [0.2, 0.25) is 25.7 Å². The van der Waals surface area contributed by atoms with Gasteiger partial charge in [0.1, 0.15) is 35.8 Å². The molecule has 0 aliphatic heterocycles. The summed E-state index contributed by atoms with van der Waals surface area (Å²) >= 11 is 0. The van der Waals surface area contributed by atoms with E-state index in [2.05, 4.69) is 34.9 Å². The summed E-state index contributed by atoms with van der Waals surface area (Å²) in [6.45, 7) is 9.18. The highest BCUT2D eigenvalue weighted by Crippen LogP contribution is 2.37. The number of nitrogens with one attached hydrogen (secondary N) is 1. The lowest BCUT2D eigenvalue weighted by molar-refractivity contribution is 0.0899. The van der Waals surface area contributed by atoms with Crippen LogP contribution in [0.15, 0.2) is 78.1 Å². The maximum Gasteiger partial charge on any atom is 0.282 e. The lowest BCUT2D eigenvalue weighted by Gasteiger charge is -2.23. The number of aliphatic hydroxyl groups excluding tert-OH is 1. The van der Waals surface area contributed by atoms with E-state index in [0.717, 1.165) is 11.6 Å². The van der Waals surface area contributed by atoms with Crippen LogP contribution >= 0.6 is 0 Å². The number of anilines is 1. The molecular weight excluding hydrogens is 689 g/mol. The molecule has 16 heteroatoms. The minimum atomic E-state index is -3.89. The van der Waals surface area contributed by atoms with E-state index in [1.165, 1.54) is 18.5 Å². The molecule has 14 nitrogen and oxygen atoms in total. The summed E-state index contributed by atoms with van der Waals surface area (Å²) in [7, 11) is -5.25. The van der Waals surface area contributed by atoms with E-state index < -0.39 is 29.9 Å². The van der Waals surface area contributed by atoms with Crippen LogP contribution in [0, 0.1) is 6.92 Å². The van der Waals surface area contributed by atoms with Crippen LogP contribution in [0.1, 0.15) is 29.4 Å². The molecule has 4 heterocycles. The maximum absolute atomic E-state index is 14.1. The van der Waals surface area contributed by atoms with Crippen molar-refractivity contribution in [2.75, 3.05) is 18.5 Å². The Bertz CT molecular complexity index is 2370. The lowest BCUT2D eigenvalue weighted by Crippen LogP contribution is -2.31. The number of nitrogens with two attached hydrogens (primary N) is 1. The molecule has 5 N–H and O–H groups in total. The SMILES string of the molecule is Cc1ccn2nc([C@H](CCO)Nc3ncnc4c3c(-c3cc(O)cc(CS(N)(=O)=O)c3)cn4COCC[Si](C)(C)C)n(-c3ccccc3)c(=O)c12. The second-order valence-corrected chi connectivity index (χ2v) is 21.0. The number of aliphatic hydroxyl groups is 1. The predicted molar refractivity (Wildman–Crippen MR) is 199 cm³/mol. The van der Waals surface area contributed by atoms with Crippen molar-refractivity contribution in [1.82, 2.24) is 28.7 Å². The summed E-state index contributed by atoms with van der Waals surface area (Å²) in [5.41, 5.74) is 3.45. The number of para-hydroxylation sites is 1. The number of rotatable bonds is 14. The van der Waals surface area contributed by atoms with E-state index in [4.69, 9.17) is 15.0 Å². The molecule has 2 aromatic carbocycles. The van der Waals surface area contributed by atoms with E-state index in [1.807, 2.05) is 54.1 Å². The van der Waals surface area contributed by atoms with Crippen LogP contribution in [0.4, 0.5) is 5.82 Å². The van der Waals surface area contributed by atoms with E-state index in [9.17, 15) is 23.4 Å². The fraction of sp³-hybridized carbons (Fsp3) is 0.314. The van der Waals surface area contributed by atoms with Gasteiger partial charge in [0.2, 0.25) is 10.0 Å². The van der Waals surface area contributed by atoms with Crippen molar-refractivity contribution >= 4 is 40.5 Å². The Morgan fingerprint density at radius 2 is 1.84 bits per heavy atom. The highest BCUT2D eigenvalue weighted by Gasteiger charge is 2.26. The molecule has 268 valence electrons. The van der Waals surface area contributed by atoms with Gasteiger partial charge in [-0.15, -0.1) is 0 Å². The molecule has 0 fully saturated rings. The molecule has 0 aliphatic rings. The molecular formula is C35H42N8O6SSi. The molecule has 0 saturated carbocycles. The number of aryl methyl sites for hydroxylation is 1. The summed E-state index contributed by atoms with van der Waals surface area (Å²) in [6.07, 6.45) is 5.12. The van der Waals surface area contributed by atoms with Gasteiger partial charge in [0, 0.05) is 39.2 Å². The first-order chi connectivity index (χ1) is 24.2. The number of aromatic hydroxyl groups is 1. The minimum Gasteiger partial charge on any atom is -0.508 e. The molecule has 0 spiro atoms. The van der Waals surface area contributed by atoms with Crippen LogP contribution in [0.5, 0.6) is 5.75 Å². The number of phenolic OH excluding ortho intramolecular Hbond substituents is 1.